The van der Waals surface area contributed by atoms with E-state index in [2.05, 4.69) is 50.4 Å². The van der Waals surface area contributed by atoms with Crippen LogP contribution >= 0.6 is 0 Å². The summed E-state index contributed by atoms with van der Waals surface area (Å²) in [7, 11) is 1.41. The number of ether oxygens (including phenoxy) is 1. The third-order valence-electron chi connectivity index (χ3n) is 4.47. The maximum Gasteiger partial charge on any atom is 0.407 e. The Labute approximate surface area is 130 Å². The zero-order chi connectivity index (χ0) is 15.4. The van der Waals surface area contributed by atoms with Crippen LogP contribution in [-0.4, -0.2) is 48.8 Å². The van der Waals surface area contributed by atoms with Crippen molar-refractivity contribution in [3.8, 4) is 0 Å². The van der Waals surface area contributed by atoms with Gasteiger partial charge in [-0.3, -0.25) is 0 Å². The van der Waals surface area contributed by atoms with Gasteiger partial charge in [-0.25, -0.2) is 4.79 Å². The number of methoxy groups -OCH3 is 1. The van der Waals surface area contributed by atoms with Crippen LogP contribution in [0.3, 0.4) is 0 Å². The second-order valence-corrected chi connectivity index (χ2v) is 5.86. The molecule has 1 aromatic carbocycles. The van der Waals surface area contributed by atoms with Crippen LogP contribution < -0.4 is 5.32 Å². The quantitative estimate of drug-likeness (QED) is 0.912. The number of nitrogens with one attached hydrogen (secondary N) is 2. The van der Waals surface area contributed by atoms with Crippen LogP contribution in [0.15, 0.2) is 30.5 Å². The lowest BCUT2D eigenvalue weighted by molar-refractivity contribution is 0.152. The lowest BCUT2D eigenvalue weighted by Crippen LogP contribution is -2.45. The summed E-state index contributed by atoms with van der Waals surface area (Å²) in [4.78, 5) is 17.0. The fraction of sp³-hybridized carbons (Fsp3) is 0.471. The molecule has 1 aliphatic rings. The average molecular weight is 301 g/mol. The molecule has 2 aromatic rings. The van der Waals surface area contributed by atoms with Crippen molar-refractivity contribution in [3.63, 3.8) is 0 Å². The van der Waals surface area contributed by atoms with Gasteiger partial charge in [0.25, 0.3) is 0 Å². The molecule has 0 radical (unpaired) electrons. The Morgan fingerprint density at radius 2 is 2.14 bits per heavy atom. The molecule has 2 N–H and O–H groups in total. The van der Waals surface area contributed by atoms with Crippen LogP contribution in [0.5, 0.6) is 0 Å². The number of H-pyrrole nitrogens is 1. The van der Waals surface area contributed by atoms with Gasteiger partial charge in [0, 0.05) is 42.8 Å². The number of likely N-dealkylation sites (tertiary alicyclic amines) is 1. The number of rotatable bonds is 4. The highest BCUT2D eigenvalue weighted by Gasteiger charge is 2.20. The molecule has 1 aliphatic heterocycles. The van der Waals surface area contributed by atoms with Crippen molar-refractivity contribution < 1.29 is 9.53 Å². The molecule has 2 heterocycles. The fourth-order valence-corrected chi connectivity index (χ4v) is 3.14. The molecule has 1 fully saturated rings. The predicted octanol–water partition coefficient (Wildman–Crippen LogP) is 2.53. The van der Waals surface area contributed by atoms with E-state index in [0.717, 1.165) is 38.9 Å². The monoisotopic (exact) mass is 301 g/mol. The van der Waals surface area contributed by atoms with Crippen LogP contribution in [0.4, 0.5) is 4.79 Å². The van der Waals surface area contributed by atoms with E-state index in [-0.39, 0.29) is 12.1 Å². The van der Waals surface area contributed by atoms with Crippen molar-refractivity contribution in [2.24, 2.45) is 0 Å². The number of nitrogens with zero attached hydrogens (tertiary/aromatic N) is 1. The number of carbonyl (C=O) groups is 1. The Morgan fingerprint density at radius 1 is 1.36 bits per heavy atom. The summed E-state index contributed by atoms with van der Waals surface area (Å²) >= 11 is 0. The minimum atomic E-state index is -0.322. The molecule has 1 aromatic heterocycles. The molecule has 0 saturated carbocycles. The van der Waals surface area contributed by atoms with Gasteiger partial charge in [-0.05, 0) is 30.9 Å². The molecule has 1 saturated heterocycles. The molecule has 1 amide bonds. The van der Waals surface area contributed by atoms with Gasteiger partial charge in [-0.15, -0.1) is 0 Å². The van der Waals surface area contributed by atoms with E-state index in [0.29, 0.717) is 0 Å². The summed E-state index contributed by atoms with van der Waals surface area (Å²) < 4.78 is 4.65. The first-order valence-corrected chi connectivity index (χ1v) is 7.88. The van der Waals surface area contributed by atoms with Gasteiger partial charge < -0.3 is 19.9 Å². The Bertz CT molecular complexity index is 630. The Balaban J connectivity index is 1.48. The molecular weight excluding hydrogens is 278 g/mol. The maximum atomic E-state index is 11.2. The molecule has 0 atom stereocenters. The minimum Gasteiger partial charge on any atom is -0.453 e. The van der Waals surface area contributed by atoms with Crippen LogP contribution in [0.25, 0.3) is 10.9 Å². The van der Waals surface area contributed by atoms with E-state index in [9.17, 15) is 4.79 Å². The third kappa shape index (κ3) is 3.42. The molecule has 5 heteroatoms. The molecule has 0 spiro atoms. The molecule has 0 aliphatic carbocycles. The van der Waals surface area contributed by atoms with Gasteiger partial charge in [0.05, 0.1) is 7.11 Å². The van der Waals surface area contributed by atoms with Crippen molar-refractivity contribution >= 4 is 17.0 Å². The molecule has 0 unspecified atom stereocenters. The van der Waals surface area contributed by atoms with Crippen molar-refractivity contribution in [1.82, 2.24) is 15.2 Å². The first-order chi connectivity index (χ1) is 10.8. The Hall–Kier alpha value is -2.01. The summed E-state index contributed by atoms with van der Waals surface area (Å²) in [6.07, 6.45) is 4.83. The van der Waals surface area contributed by atoms with Crippen LogP contribution in [-0.2, 0) is 11.2 Å². The maximum absolute atomic E-state index is 11.2. The second-order valence-electron chi connectivity index (χ2n) is 5.86. The highest BCUT2D eigenvalue weighted by molar-refractivity contribution is 5.83. The van der Waals surface area contributed by atoms with Gasteiger partial charge in [-0.1, -0.05) is 18.2 Å². The SMILES string of the molecule is COC(=O)NC1CCN(CCc2c[nH]c3ccccc23)CC1. The number of aromatic nitrogens is 1. The topological polar surface area (TPSA) is 57.4 Å². The molecule has 3 rings (SSSR count). The highest BCUT2D eigenvalue weighted by atomic mass is 16.5. The van der Waals surface area contributed by atoms with E-state index in [1.807, 2.05) is 0 Å². The Morgan fingerprint density at radius 3 is 2.91 bits per heavy atom. The number of alkyl carbamates (subject to hydrolysis) is 1. The number of carbonyl (C=O) groups excluding carboxylic acids is 1. The normalized spacial score (nSPS) is 16.8. The standard InChI is InChI=1S/C17H23N3O2/c1-22-17(21)19-14-7-10-20(11-8-14)9-6-13-12-18-16-5-3-2-4-15(13)16/h2-5,12,14,18H,6-11H2,1H3,(H,19,21). The number of para-hydroxylation sites is 1. The number of hydrogen-bond donors (Lipinski definition) is 2. The van der Waals surface area contributed by atoms with Gasteiger partial charge in [0.15, 0.2) is 0 Å². The predicted molar refractivity (Wildman–Crippen MR) is 87.0 cm³/mol. The second kappa shape index (κ2) is 6.83. The van der Waals surface area contributed by atoms with Crippen LogP contribution in [0.2, 0.25) is 0 Å². The minimum absolute atomic E-state index is 0.247. The number of hydrogen-bond acceptors (Lipinski definition) is 3. The van der Waals surface area contributed by atoms with E-state index in [1.54, 1.807) is 0 Å². The summed E-state index contributed by atoms with van der Waals surface area (Å²) in [5.41, 5.74) is 2.59. The number of piperidine rings is 1. The lowest BCUT2D eigenvalue weighted by atomic mass is 10.0. The zero-order valence-electron chi connectivity index (χ0n) is 13.0. The van der Waals surface area contributed by atoms with E-state index in [4.69, 9.17) is 0 Å². The fourth-order valence-electron chi connectivity index (χ4n) is 3.14. The Kier molecular flexibility index (Phi) is 4.63. The van der Waals surface area contributed by atoms with E-state index < -0.39 is 0 Å². The number of benzene rings is 1. The van der Waals surface area contributed by atoms with Gasteiger partial charge in [0.1, 0.15) is 0 Å². The molecular formula is C17H23N3O2. The van der Waals surface area contributed by atoms with Gasteiger partial charge in [-0.2, -0.15) is 0 Å². The average Bonchev–Trinajstić information content (AvgIpc) is 2.97. The van der Waals surface area contributed by atoms with Crippen molar-refractivity contribution in [2.45, 2.75) is 25.3 Å². The molecule has 0 bridgehead atoms. The molecule has 22 heavy (non-hydrogen) atoms. The lowest BCUT2D eigenvalue weighted by Gasteiger charge is -2.31. The summed E-state index contributed by atoms with van der Waals surface area (Å²) in [5.74, 6) is 0. The summed E-state index contributed by atoms with van der Waals surface area (Å²) in [6, 6.07) is 8.68. The van der Waals surface area contributed by atoms with Crippen LogP contribution in [0.1, 0.15) is 18.4 Å². The summed E-state index contributed by atoms with van der Waals surface area (Å²) in [6.45, 7) is 3.11. The smallest absolute Gasteiger partial charge is 0.407 e. The van der Waals surface area contributed by atoms with Gasteiger partial charge >= 0.3 is 6.09 Å². The van der Waals surface area contributed by atoms with Crippen molar-refractivity contribution in [1.29, 1.82) is 0 Å². The van der Waals surface area contributed by atoms with E-state index in [1.165, 1.54) is 23.6 Å². The van der Waals surface area contributed by atoms with Gasteiger partial charge in [0.2, 0.25) is 0 Å². The third-order valence-corrected chi connectivity index (χ3v) is 4.47. The first-order valence-electron chi connectivity index (χ1n) is 7.88. The first kappa shape index (κ1) is 14.9. The number of amides is 1. The van der Waals surface area contributed by atoms with E-state index >= 15 is 0 Å². The zero-order valence-corrected chi connectivity index (χ0v) is 13.0. The summed E-state index contributed by atoms with van der Waals surface area (Å²) in [5, 5.41) is 4.21. The van der Waals surface area contributed by atoms with Crippen molar-refractivity contribution in [2.75, 3.05) is 26.7 Å². The largest absolute Gasteiger partial charge is 0.453 e. The molecule has 5 nitrogen and oxygen atoms in total. The number of fused-ring (bicyclic) bond motifs is 1. The highest BCUT2D eigenvalue weighted by Crippen LogP contribution is 2.19. The number of aromatic amines is 1. The van der Waals surface area contributed by atoms with Crippen LogP contribution in [0, 0.1) is 0 Å². The van der Waals surface area contributed by atoms with Crippen molar-refractivity contribution in [3.05, 3.63) is 36.0 Å². The molecule has 118 valence electrons.